The monoisotopic (exact) mass is 323 g/mol. The van der Waals surface area contributed by atoms with E-state index in [9.17, 15) is 0 Å². The molecule has 0 aliphatic rings. The first-order valence-corrected chi connectivity index (χ1v) is 8.24. The second kappa shape index (κ2) is 7.15. The third kappa shape index (κ3) is 3.46. The van der Waals surface area contributed by atoms with Gasteiger partial charge in [0.1, 0.15) is 10.7 Å². The van der Waals surface area contributed by atoms with Crippen molar-refractivity contribution in [2.75, 3.05) is 0 Å². The number of benzene rings is 2. The van der Waals surface area contributed by atoms with E-state index >= 15 is 0 Å². The van der Waals surface area contributed by atoms with Gasteiger partial charge in [-0.05, 0) is 5.56 Å². The molecule has 4 nitrogen and oxygen atoms in total. The van der Waals surface area contributed by atoms with Crippen LogP contribution < -0.4 is 0 Å². The van der Waals surface area contributed by atoms with Crippen molar-refractivity contribution in [2.24, 2.45) is 12.2 Å². The summed E-state index contributed by atoms with van der Waals surface area (Å²) < 4.78 is 1.84. The number of rotatable bonds is 5. The maximum Gasteiger partial charge on any atom is 0.104 e. The molecule has 0 aliphatic heterocycles. The highest BCUT2D eigenvalue weighted by molar-refractivity contribution is 7.98. The predicted octanol–water partition coefficient (Wildman–Crippen LogP) is 4.19. The van der Waals surface area contributed by atoms with Gasteiger partial charge in [-0.15, -0.1) is 11.8 Å². The fourth-order valence-electron chi connectivity index (χ4n) is 2.41. The molecule has 0 atom stereocenters. The lowest BCUT2D eigenvalue weighted by Crippen LogP contribution is -1.94. The summed E-state index contributed by atoms with van der Waals surface area (Å²) in [6, 6.07) is 20.2. The van der Waals surface area contributed by atoms with Crippen molar-refractivity contribution in [3.05, 3.63) is 71.8 Å². The van der Waals surface area contributed by atoms with E-state index < -0.39 is 0 Å². The summed E-state index contributed by atoms with van der Waals surface area (Å²) in [7, 11) is 1.91. The highest BCUT2D eigenvalue weighted by Gasteiger charge is 2.16. The smallest absolute Gasteiger partial charge is 0.104 e. The Bertz CT molecular complexity index is 798. The van der Waals surface area contributed by atoms with Crippen molar-refractivity contribution < 1.29 is 5.21 Å². The number of nitrogens with zero attached hydrogens (tertiary/aromatic N) is 3. The number of aromatic nitrogens is 2. The van der Waals surface area contributed by atoms with Crippen LogP contribution in [0.3, 0.4) is 0 Å². The molecule has 3 rings (SSSR count). The van der Waals surface area contributed by atoms with Crippen LogP contribution in [0.15, 0.2) is 70.8 Å². The maximum atomic E-state index is 9.03. The molecule has 1 N–H and O–H groups in total. The van der Waals surface area contributed by atoms with Crippen LogP contribution in [0.2, 0.25) is 0 Å². The third-order valence-electron chi connectivity index (χ3n) is 3.48. The lowest BCUT2D eigenvalue weighted by molar-refractivity contribution is 0.321. The second-order valence-electron chi connectivity index (χ2n) is 5.08. The molecule has 1 aromatic heterocycles. The molecule has 0 unspecified atom stereocenters. The molecule has 23 heavy (non-hydrogen) atoms. The normalized spacial score (nSPS) is 11.2. The van der Waals surface area contributed by atoms with Crippen LogP contribution in [0.1, 0.15) is 11.1 Å². The van der Waals surface area contributed by atoms with E-state index in [1.54, 1.807) is 11.8 Å². The van der Waals surface area contributed by atoms with Gasteiger partial charge in [-0.1, -0.05) is 65.8 Å². The summed E-state index contributed by atoms with van der Waals surface area (Å²) in [6.07, 6.45) is 1.46. The average molecular weight is 323 g/mol. The lowest BCUT2D eigenvalue weighted by atomic mass is 10.1. The molecule has 0 amide bonds. The molecule has 0 radical (unpaired) electrons. The van der Waals surface area contributed by atoms with Gasteiger partial charge in [0.05, 0.1) is 11.8 Å². The first-order chi connectivity index (χ1) is 11.3. The molecule has 1 heterocycles. The summed E-state index contributed by atoms with van der Waals surface area (Å²) in [5.41, 5.74) is 3.90. The maximum absolute atomic E-state index is 9.03. The minimum atomic E-state index is 0.821. The molecule has 2 aromatic carbocycles. The van der Waals surface area contributed by atoms with Crippen LogP contribution in [0.25, 0.3) is 11.3 Å². The zero-order chi connectivity index (χ0) is 16.1. The third-order valence-corrected chi connectivity index (χ3v) is 4.72. The Morgan fingerprint density at radius 2 is 1.74 bits per heavy atom. The molecule has 5 heteroatoms. The molecular weight excluding hydrogens is 306 g/mol. The fourth-order valence-corrected chi connectivity index (χ4v) is 3.43. The average Bonchev–Trinajstić information content (AvgIpc) is 2.91. The van der Waals surface area contributed by atoms with Crippen molar-refractivity contribution in [3.8, 4) is 11.3 Å². The standard InChI is InChI=1S/C18H17N3OS/c1-21-18(23-13-14-8-4-2-5-9-14)16(12-19-22)17(20-21)15-10-6-3-7-11-15/h2-12,22H,13H2,1H3/b19-12+. The van der Waals surface area contributed by atoms with Gasteiger partial charge >= 0.3 is 0 Å². The molecule has 0 fully saturated rings. The highest BCUT2D eigenvalue weighted by Crippen LogP contribution is 2.31. The van der Waals surface area contributed by atoms with Gasteiger partial charge in [0, 0.05) is 18.4 Å². The summed E-state index contributed by atoms with van der Waals surface area (Å²) in [4.78, 5) is 0. The minimum Gasteiger partial charge on any atom is -0.411 e. The van der Waals surface area contributed by atoms with Crippen molar-refractivity contribution >= 4 is 18.0 Å². The van der Waals surface area contributed by atoms with E-state index in [1.165, 1.54) is 11.8 Å². The van der Waals surface area contributed by atoms with Gasteiger partial charge < -0.3 is 5.21 Å². The van der Waals surface area contributed by atoms with E-state index in [4.69, 9.17) is 5.21 Å². The number of hydrogen-bond acceptors (Lipinski definition) is 4. The first kappa shape index (κ1) is 15.4. The van der Waals surface area contributed by atoms with Crippen LogP contribution in [-0.4, -0.2) is 21.2 Å². The van der Waals surface area contributed by atoms with Gasteiger partial charge in [-0.3, -0.25) is 4.68 Å². The molecule has 0 spiro atoms. The Hall–Kier alpha value is -2.53. The highest BCUT2D eigenvalue weighted by atomic mass is 32.2. The molecule has 3 aromatic rings. The minimum absolute atomic E-state index is 0.821. The summed E-state index contributed by atoms with van der Waals surface area (Å²) in [5, 5.41) is 17.8. The SMILES string of the molecule is Cn1nc(-c2ccccc2)c(/C=N/O)c1SCc1ccccc1. The van der Waals surface area contributed by atoms with E-state index in [-0.39, 0.29) is 0 Å². The van der Waals surface area contributed by atoms with Crippen molar-refractivity contribution in [3.63, 3.8) is 0 Å². The quantitative estimate of drug-likeness (QED) is 0.331. The van der Waals surface area contributed by atoms with E-state index in [0.29, 0.717) is 0 Å². The molecule has 0 saturated carbocycles. The first-order valence-electron chi connectivity index (χ1n) is 7.26. The number of oxime groups is 1. The number of aryl methyl sites for hydroxylation is 1. The Morgan fingerprint density at radius 1 is 1.09 bits per heavy atom. The number of hydrogen-bond donors (Lipinski definition) is 1. The molecule has 0 bridgehead atoms. The van der Waals surface area contributed by atoms with Gasteiger partial charge in [-0.2, -0.15) is 5.10 Å². The molecule has 0 saturated heterocycles. The zero-order valence-electron chi connectivity index (χ0n) is 12.8. The van der Waals surface area contributed by atoms with Crippen molar-refractivity contribution in [2.45, 2.75) is 10.8 Å². The van der Waals surface area contributed by atoms with E-state index in [2.05, 4.69) is 22.4 Å². The summed E-state index contributed by atoms with van der Waals surface area (Å²) in [6.45, 7) is 0. The van der Waals surface area contributed by atoms with Crippen molar-refractivity contribution in [1.82, 2.24) is 9.78 Å². The van der Waals surface area contributed by atoms with Crippen LogP contribution in [0.4, 0.5) is 0 Å². The van der Waals surface area contributed by atoms with Gasteiger partial charge in [0.2, 0.25) is 0 Å². The molecular formula is C18H17N3OS. The Labute approximate surface area is 139 Å². The molecule has 0 aliphatic carbocycles. The summed E-state index contributed by atoms with van der Waals surface area (Å²) >= 11 is 1.68. The Morgan fingerprint density at radius 3 is 2.39 bits per heavy atom. The number of thioether (sulfide) groups is 1. The van der Waals surface area contributed by atoms with E-state index in [1.807, 2.05) is 60.3 Å². The van der Waals surface area contributed by atoms with Gasteiger partial charge in [-0.25, -0.2) is 0 Å². The zero-order valence-corrected chi connectivity index (χ0v) is 13.6. The van der Waals surface area contributed by atoms with Gasteiger partial charge in [0.25, 0.3) is 0 Å². The second-order valence-corrected chi connectivity index (χ2v) is 6.04. The topological polar surface area (TPSA) is 50.4 Å². The molecule has 116 valence electrons. The predicted molar refractivity (Wildman–Crippen MR) is 94.0 cm³/mol. The lowest BCUT2D eigenvalue weighted by Gasteiger charge is -2.04. The van der Waals surface area contributed by atoms with Crippen molar-refractivity contribution in [1.29, 1.82) is 0 Å². The fraction of sp³-hybridized carbons (Fsp3) is 0.111. The van der Waals surface area contributed by atoms with Crippen LogP contribution >= 0.6 is 11.8 Å². The van der Waals surface area contributed by atoms with Gasteiger partial charge in [0.15, 0.2) is 0 Å². The van der Waals surface area contributed by atoms with Crippen LogP contribution in [0.5, 0.6) is 0 Å². The summed E-state index contributed by atoms with van der Waals surface area (Å²) in [5.74, 6) is 0.834. The van der Waals surface area contributed by atoms with E-state index in [0.717, 1.165) is 27.6 Å². The van der Waals surface area contributed by atoms with Crippen LogP contribution in [0, 0.1) is 0 Å². The van der Waals surface area contributed by atoms with Crippen LogP contribution in [-0.2, 0) is 12.8 Å². The largest absolute Gasteiger partial charge is 0.411 e. The Balaban J connectivity index is 1.95. The Kier molecular flexibility index (Phi) is 4.78.